The molecule has 2 heteroatoms. The van der Waals surface area contributed by atoms with E-state index in [2.05, 4.69) is 61.7 Å². The summed E-state index contributed by atoms with van der Waals surface area (Å²) in [6, 6.07) is 0. The van der Waals surface area contributed by atoms with Crippen molar-refractivity contribution in [1.82, 2.24) is 5.32 Å². The molecule has 0 saturated heterocycles. The fraction of sp³-hybridized carbons (Fsp3) is 0.375. The van der Waals surface area contributed by atoms with Gasteiger partial charge in [0.2, 0.25) is 0 Å². The maximum atomic E-state index is 3.38. The number of rotatable bonds is 6. The predicted octanol–water partition coefficient (Wildman–Crippen LogP) is 4.58. The summed E-state index contributed by atoms with van der Waals surface area (Å²) in [7, 11) is 0. The zero-order valence-electron chi connectivity index (χ0n) is 11.5. The lowest BCUT2D eigenvalue weighted by molar-refractivity contribution is 0.847. The third-order valence-electron chi connectivity index (χ3n) is 2.67. The lowest BCUT2D eigenvalue weighted by atomic mass is 10.2. The van der Waals surface area contributed by atoms with Crippen molar-refractivity contribution in [2.24, 2.45) is 0 Å². The van der Waals surface area contributed by atoms with Crippen LogP contribution in [0, 0.1) is 0 Å². The van der Waals surface area contributed by atoms with E-state index in [9.17, 15) is 0 Å². The first-order valence-corrected chi connectivity index (χ1v) is 7.37. The fourth-order valence-corrected chi connectivity index (χ4v) is 2.60. The molecule has 0 radical (unpaired) electrons. The van der Waals surface area contributed by atoms with Gasteiger partial charge in [0.05, 0.1) is 5.37 Å². The lowest BCUT2D eigenvalue weighted by Gasteiger charge is -2.18. The Hall–Kier alpha value is -1.15. The van der Waals surface area contributed by atoms with E-state index in [4.69, 9.17) is 0 Å². The Morgan fingerprint density at radius 2 is 2.22 bits per heavy atom. The van der Waals surface area contributed by atoms with Gasteiger partial charge in [-0.25, -0.2) is 0 Å². The first kappa shape index (κ1) is 14.9. The normalized spacial score (nSPS) is 21.9. The molecule has 18 heavy (non-hydrogen) atoms. The molecule has 2 atom stereocenters. The van der Waals surface area contributed by atoms with E-state index < -0.39 is 0 Å². The highest BCUT2D eigenvalue weighted by Crippen LogP contribution is 2.22. The molecule has 98 valence electrons. The molecule has 1 nitrogen and oxygen atoms in total. The molecule has 1 rings (SSSR count). The Morgan fingerprint density at radius 1 is 1.39 bits per heavy atom. The van der Waals surface area contributed by atoms with Crippen LogP contribution in [0.4, 0.5) is 0 Å². The van der Waals surface area contributed by atoms with Gasteiger partial charge in [-0.3, -0.25) is 0 Å². The van der Waals surface area contributed by atoms with Crippen LogP contribution in [-0.2, 0) is 0 Å². The molecule has 1 aliphatic rings. The van der Waals surface area contributed by atoms with Gasteiger partial charge in [-0.1, -0.05) is 48.1 Å². The maximum absolute atomic E-state index is 3.38. The van der Waals surface area contributed by atoms with E-state index >= 15 is 0 Å². The largest absolute Gasteiger partial charge is 0.379 e. The minimum atomic E-state index is 0.429. The van der Waals surface area contributed by atoms with Gasteiger partial charge in [0.15, 0.2) is 0 Å². The van der Waals surface area contributed by atoms with Crippen LogP contribution < -0.4 is 5.32 Å². The molecule has 0 amide bonds. The molecule has 0 fully saturated rings. The van der Waals surface area contributed by atoms with Gasteiger partial charge < -0.3 is 5.32 Å². The Labute approximate surface area is 115 Å². The molecule has 1 aliphatic carbocycles. The smallest absolute Gasteiger partial charge is 0.0695 e. The highest BCUT2D eigenvalue weighted by atomic mass is 32.2. The summed E-state index contributed by atoms with van der Waals surface area (Å²) < 4.78 is 0. The van der Waals surface area contributed by atoms with Crippen LogP contribution in [0.25, 0.3) is 0 Å². The van der Waals surface area contributed by atoms with E-state index in [0.29, 0.717) is 10.6 Å². The van der Waals surface area contributed by atoms with E-state index in [1.807, 2.05) is 31.0 Å². The topological polar surface area (TPSA) is 12.0 Å². The number of hydrogen-bond acceptors (Lipinski definition) is 2. The van der Waals surface area contributed by atoms with Gasteiger partial charge in [0, 0.05) is 5.25 Å². The molecule has 0 spiro atoms. The van der Waals surface area contributed by atoms with E-state index in [1.54, 1.807) is 0 Å². The summed E-state index contributed by atoms with van der Waals surface area (Å²) in [6.07, 6.45) is 20.2. The van der Waals surface area contributed by atoms with Crippen molar-refractivity contribution in [3.8, 4) is 0 Å². The SMILES string of the molecule is C\C=C(C)/C=C\C=C/NC(C)SC1C=CC=CC1. The van der Waals surface area contributed by atoms with Gasteiger partial charge in [-0.05, 0) is 39.5 Å². The summed E-state index contributed by atoms with van der Waals surface area (Å²) >= 11 is 1.95. The van der Waals surface area contributed by atoms with Crippen LogP contribution in [0.3, 0.4) is 0 Å². The van der Waals surface area contributed by atoms with E-state index in [-0.39, 0.29) is 0 Å². The van der Waals surface area contributed by atoms with Gasteiger partial charge in [-0.2, -0.15) is 0 Å². The highest BCUT2D eigenvalue weighted by Gasteiger charge is 2.09. The van der Waals surface area contributed by atoms with Gasteiger partial charge in [0.25, 0.3) is 0 Å². The molecular weight excluding hydrogens is 238 g/mol. The number of hydrogen-bond donors (Lipinski definition) is 1. The molecule has 0 saturated carbocycles. The molecule has 0 bridgehead atoms. The van der Waals surface area contributed by atoms with Crippen LogP contribution in [0.5, 0.6) is 0 Å². The zero-order chi connectivity index (χ0) is 13.2. The average Bonchev–Trinajstić information content (AvgIpc) is 2.39. The maximum Gasteiger partial charge on any atom is 0.0695 e. The van der Waals surface area contributed by atoms with E-state index in [1.165, 1.54) is 5.57 Å². The minimum absolute atomic E-state index is 0.429. The standard InChI is InChI=1S/C16H23NS/c1-4-14(2)10-8-9-13-17-15(3)18-16-11-6-5-7-12-16/h4-11,13,15-17H,12H2,1-3H3/b10-8-,13-9-,14-4-. The van der Waals surface area contributed by atoms with Crippen molar-refractivity contribution >= 4 is 11.8 Å². The summed E-state index contributed by atoms with van der Waals surface area (Å²) in [5, 5.41) is 4.41. The summed E-state index contributed by atoms with van der Waals surface area (Å²) in [4.78, 5) is 0. The molecule has 0 aromatic heterocycles. The quantitative estimate of drug-likeness (QED) is 0.555. The summed E-state index contributed by atoms with van der Waals surface area (Å²) in [5.41, 5.74) is 1.28. The van der Waals surface area contributed by atoms with Gasteiger partial charge in [0.1, 0.15) is 0 Å². The van der Waals surface area contributed by atoms with Crippen LogP contribution in [-0.4, -0.2) is 10.6 Å². The van der Waals surface area contributed by atoms with Crippen LogP contribution >= 0.6 is 11.8 Å². The zero-order valence-corrected chi connectivity index (χ0v) is 12.3. The van der Waals surface area contributed by atoms with Crippen molar-refractivity contribution < 1.29 is 0 Å². The van der Waals surface area contributed by atoms with Gasteiger partial charge >= 0.3 is 0 Å². The molecule has 0 aromatic rings. The minimum Gasteiger partial charge on any atom is -0.379 e. The van der Waals surface area contributed by atoms with Crippen LogP contribution in [0.2, 0.25) is 0 Å². The van der Waals surface area contributed by atoms with Crippen molar-refractivity contribution in [3.05, 3.63) is 60.4 Å². The highest BCUT2D eigenvalue weighted by molar-refractivity contribution is 8.00. The van der Waals surface area contributed by atoms with E-state index in [0.717, 1.165) is 6.42 Å². The first-order valence-electron chi connectivity index (χ1n) is 6.43. The van der Waals surface area contributed by atoms with Crippen molar-refractivity contribution in [3.63, 3.8) is 0 Å². The Kier molecular flexibility index (Phi) is 7.35. The first-order chi connectivity index (χ1) is 8.72. The van der Waals surface area contributed by atoms with Crippen molar-refractivity contribution in [1.29, 1.82) is 0 Å². The molecule has 1 N–H and O–H groups in total. The molecule has 0 aromatic carbocycles. The fourth-order valence-electron chi connectivity index (χ4n) is 1.51. The predicted molar refractivity (Wildman–Crippen MR) is 84.6 cm³/mol. The Balaban J connectivity index is 2.22. The van der Waals surface area contributed by atoms with Gasteiger partial charge in [-0.15, -0.1) is 11.8 Å². The number of allylic oxidation sites excluding steroid dienone is 8. The summed E-state index contributed by atoms with van der Waals surface area (Å²) in [5.74, 6) is 0. The number of nitrogens with one attached hydrogen (secondary N) is 1. The van der Waals surface area contributed by atoms with Crippen molar-refractivity contribution in [2.75, 3.05) is 0 Å². The second-order valence-corrected chi connectivity index (χ2v) is 5.87. The average molecular weight is 261 g/mol. The third-order valence-corrected chi connectivity index (χ3v) is 3.92. The molecular formula is C16H23NS. The Bertz CT molecular complexity index is 375. The van der Waals surface area contributed by atoms with Crippen LogP contribution in [0.1, 0.15) is 27.2 Å². The second kappa shape index (κ2) is 8.87. The molecule has 0 heterocycles. The second-order valence-electron chi connectivity index (χ2n) is 4.28. The molecule has 2 unspecified atom stereocenters. The third kappa shape index (κ3) is 6.55. The number of thioether (sulfide) groups is 1. The summed E-state index contributed by atoms with van der Waals surface area (Å²) in [6.45, 7) is 6.34. The molecule has 0 aliphatic heterocycles. The van der Waals surface area contributed by atoms with Crippen LogP contribution in [0.15, 0.2) is 60.4 Å². The van der Waals surface area contributed by atoms with Crippen molar-refractivity contribution in [2.45, 2.75) is 37.8 Å². The lowest BCUT2D eigenvalue weighted by Crippen LogP contribution is -2.19. The monoisotopic (exact) mass is 261 g/mol. The Morgan fingerprint density at radius 3 is 2.89 bits per heavy atom.